The second-order valence-corrected chi connectivity index (χ2v) is 10.4. The highest BCUT2D eigenvalue weighted by molar-refractivity contribution is 7.89. The fourth-order valence-corrected chi connectivity index (χ4v) is 5.01. The van der Waals surface area contributed by atoms with E-state index in [1.54, 1.807) is 47.7 Å². The Kier molecular flexibility index (Phi) is 6.45. The second-order valence-electron chi connectivity index (χ2n) is 7.65. The van der Waals surface area contributed by atoms with Crippen molar-refractivity contribution in [3.05, 3.63) is 64.5 Å². The number of benzene rings is 1. The first-order valence-corrected chi connectivity index (χ1v) is 11.7. The van der Waals surface area contributed by atoms with Gasteiger partial charge < -0.3 is 9.15 Å². The molecule has 0 saturated carbocycles. The first-order chi connectivity index (χ1) is 13.7. The molecule has 0 aliphatic heterocycles. The number of thiazole rings is 1. The third-order valence-corrected chi connectivity index (χ3v) is 7.34. The SMILES string of the molecule is CCOc1ccc(S(=O)(=O)N(Cc2csc(C(C)(C)C)n2)Cc2ccco2)cc1. The van der Waals surface area contributed by atoms with Gasteiger partial charge in [0.05, 0.1) is 41.6 Å². The Morgan fingerprint density at radius 1 is 1.14 bits per heavy atom. The van der Waals surface area contributed by atoms with Gasteiger partial charge in [-0.25, -0.2) is 13.4 Å². The molecule has 0 aliphatic carbocycles. The van der Waals surface area contributed by atoms with Gasteiger partial charge in [0.15, 0.2) is 0 Å². The van der Waals surface area contributed by atoms with Crippen LogP contribution in [0.25, 0.3) is 0 Å². The van der Waals surface area contributed by atoms with Gasteiger partial charge in [0, 0.05) is 10.8 Å². The topological polar surface area (TPSA) is 72.6 Å². The van der Waals surface area contributed by atoms with Crippen LogP contribution in [-0.4, -0.2) is 24.3 Å². The molecule has 0 unspecified atom stereocenters. The van der Waals surface area contributed by atoms with Crippen molar-refractivity contribution < 1.29 is 17.6 Å². The fraction of sp³-hybridized carbons (Fsp3) is 0.381. The molecule has 2 aromatic heterocycles. The summed E-state index contributed by atoms with van der Waals surface area (Å²) in [6, 6.07) is 9.98. The van der Waals surface area contributed by atoms with Crippen LogP contribution >= 0.6 is 11.3 Å². The molecule has 29 heavy (non-hydrogen) atoms. The zero-order chi connectivity index (χ0) is 21.1. The van der Waals surface area contributed by atoms with Crippen LogP contribution in [0.1, 0.15) is 44.2 Å². The predicted octanol–water partition coefficient (Wildman–Crippen LogP) is 4.82. The average molecular weight is 435 g/mol. The van der Waals surface area contributed by atoms with Crippen molar-refractivity contribution in [2.75, 3.05) is 6.61 Å². The summed E-state index contributed by atoms with van der Waals surface area (Å²) < 4.78 is 38.9. The summed E-state index contributed by atoms with van der Waals surface area (Å²) in [6.45, 7) is 8.98. The minimum Gasteiger partial charge on any atom is -0.494 e. The van der Waals surface area contributed by atoms with Crippen LogP contribution in [0, 0.1) is 0 Å². The monoisotopic (exact) mass is 434 g/mol. The maximum absolute atomic E-state index is 13.4. The molecule has 0 fully saturated rings. The van der Waals surface area contributed by atoms with Crippen LogP contribution in [0.5, 0.6) is 5.75 Å². The van der Waals surface area contributed by atoms with Crippen molar-refractivity contribution in [3.63, 3.8) is 0 Å². The lowest BCUT2D eigenvalue weighted by Gasteiger charge is -2.21. The summed E-state index contributed by atoms with van der Waals surface area (Å²) in [5, 5.41) is 2.90. The van der Waals surface area contributed by atoms with Crippen LogP contribution in [0.15, 0.2) is 57.4 Å². The van der Waals surface area contributed by atoms with E-state index in [0.29, 0.717) is 18.1 Å². The van der Waals surface area contributed by atoms with Crippen LogP contribution < -0.4 is 4.74 Å². The van der Waals surface area contributed by atoms with E-state index >= 15 is 0 Å². The Hall–Kier alpha value is -2.16. The summed E-state index contributed by atoms with van der Waals surface area (Å²) in [5.74, 6) is 1.21. The van der Waals surface area contributed by atoms with Crippen molar-refractivity contribution in [2.45, 2.75) is 51.1 Å². The minimum absolute atomic E-state index is 0.0806. The van der Waals surface area contributed by atoms with Crippen molar-refractivity contribution >= 4 is 21.4 Å². The Labute approximate surface area is 176 Å². The molecule has 0 saturated heterocycles. The number of furan rings is 1. The van der Waals surface area contributed by atoms with Gasteiger partial charge in [0.2, 0.25) is 10.0 Å². The summed E-state index contributed by atoms with van der Waals surface area (Å²) in [7, 11) is -3.75. The molecular weight excluding hydrogens is 408 g/mol. The normalized spacial score (nSPS) is 12.4. The first-order valence-electron chi connectivity index (χ1n) is 9.40. The highest BCUT2D eigenvalue weighted by Gasteiger charge is 2.27. The lowest BCUT2D eigenvalue weighted by Crippen LogP contribution is -2.30. The van der Waals surface area contributed by atoms with Gasteiger partial charge in [-0.1, -0.05) is 20.8 Å². The molecule has 0 amide bonds. The van der Waals surface area contributed by atoms with E-state index in [4.69, 9.17) is 9.15 Å². The number of sulfonamides is 1. The molecule has 3 rings (SSSR count). The highest BCUT2D eigenvalue weighted by atomic mass is 32.2. The number of hydrogen-bond donors (Lipinski definition) is 0. The molecule has 6 nitrogen and oxygen atoms in total. The van der Waals surface area contributed by atoms with Crippen LogP contribution in [0.4, 0.5) is 0 Å². The molecule has 1 aromatic carbocycles. The zero-order valence-corrected chi connectivity index (χ0v) is 18.7. The van der Waals surface area contributed by atoms with Gasteiger partial charge in [-0.05, 0) is 43.3 Å². The summed E-state index contributed by atoms with van der Waals surface area (Å²) in [6.07, 6.45) is 1.54. The van der Waals surface area contributed by atoms with Gasteiger partial charge in [0.25, 0.3) is 0 Å². The van der Waals surface area contributed by atoms with Crippen LogP contribution in [0.3, 0.4) is 0 Å². The first kappa shape index (κ1) is 21.5. The molecule has 156 valence electrons. The van der Waals surface area contributed by atoms with Crippen molar-refractivity contribution in [1.82, 2.24) is 9.29 Å². The number of ether oxygens (including phenoxy) is 1. The molecule has 0 atom stereocenters. The molecule has 0 radical (unpaired) electrons. The van der Waals surface area contributed by atoms with E-state index in [1.807, 2.05) is 12.3 Å². The summed E-state index contributed by atoms with van der Waals surface area (Å²) in [5.41, 5.74) is 0.643. The second kappa shape index (κ2) is 8.69. The van der Waals surface area contributed by atoms with Crippen LogP contribution in [-0.2, 0) is 28.5 Å². The largest absolute Gasteiger partial charge is 0.494 e. The fourth-order valence-electron chi connectivity index (χ4n) is 2.73. The zero-order valence-electron chi connectivity index (χ0n) is 17.1. The van der Waals surface area contributed by atoms with Gasteiger partial charge in [-0.2, -0.15) is 4.31 Å². The molecule has 3 aromatic rings. The van der Waals surface area contributed by atoms with Gasteiger partial charge in [-0.3, -0.25) is 0 Å². The standard InChI is InChI=1S/C21H26N2O4S2/c1-5-26-17-8-10-19(11-9-17)29(24,25)23(14-18-7-6-12-27-18)13-16-15-28-20(22-16)21(2,3)4/h6-12,15H,5,13-14H2,1-4H3. The van der Waals surface area contributed by atoms with E-state index in [0.717, 1.165) is 10.7 Å². The van der Waals surface area contributed by atoms with E-state index in [9.17, 15) is 8.42 Å². The number of hydrogen-bond acceptors (Lipinski definition) is 6. The summed E-state index contributed by atoms with van der Waals surface area (Å²) >= 11 is 1.55. The molecule has 2 heterocycles. The summed E-state index contributed by atoms with van der Waals surface area (Å²) in [4.78, 5) is 4.87. The minimum atomic E-state index is -3.75. The number of rotatable bonds is 8. The van der Waals surface area contributed by atoms with E-state index in [1.165, 1.54) is 10.6 Å². The van der Waals surface area contributed by atoms with Crippen molar-refractivity contribution in [2.24, 2.45) is 0 Å². The Bertz CT molecular complexity index is 1020. The van der Waals surface area contributed by atoms with Gasteiger partial charge in [0.1, 0.15) is 11.5 Å². The van der Waals surface area contributed by atoms with Gasteiger partial charge >= 0.3 is 0 Å². The molecule has 0 spiro atoms. The van der Waals surface area contributed by atoms with E-state index in [2.05, 4.69) is 25.8 Å². The lowest BCUT2D eigenvalue weighted by atomic mass is 9.98. The van der Waals surface area contributed by atoms with Gasteiger partial charge in [-0.15, -0.1) is 11.3 Å². The molecular formula is C21H26N2O4S2. The lowest BCUT2D eigenvalue weighted by molar-refractivity contribution is 0.339. The molecule has 0 N–H and O–H groups in total. The van der Waals surface area contributed by atoms with Crippen molar-refractivity contribution in [1.29, 1.82) is 0 Å². The highest BCUT2D eigenvalue weighted by Crippen LogP contribution is 2.28. The number of nitrogens with zero attached hydrogens (tertiary/aromatic N) is 2. The van der Waals surface area contributed by atoms with E-state index in [-0.39, 0.29) is 23.4 Å². The Morgan fingerprint density at radius 2 is 1.86 bits per heavy atom. The predicted molar refractivity (Wildman–Crippen MR) is 114 cm³/mol. The molecule has 8 heteroatoms. The quantitative estimate of drug-likeness (QED) is 0.508. The molecule has 0 bridgehead atoms. The van der Waals surface area contributed by atoms with Crippen LogP contribution in [0.2, 0.25) is 0 Å². The number of aromatic nitrogens is 1. The third-order valence-electron chi connectivity index (χ3n) is 4.22. The average Bonchev–Trinajstić information content (AvgIpc) is 3.33. The Balaban J connectivity index is 1.90. The third kappa shape index (κ3) is 5.26. The van der Waals surface area contributed by atoms with E-state index < -0.39 is 10.0 Å². The maximum Gasteiger partial charge on any atom is 0.243 e. The maximum atomic E-state index is 13.4. The Morgan fingerprint density at radius 3 is 2.41 bits per heavy atom. The van der Waals surface area contributed by atoms with Crippen molar-refractivity contribution in [3.8, 4) is 5.75 Å². The molecule has 0 aliphatic rings. The smallest absolute Gasteiger partial charge is 0.243 e.